The van der Waals surface area contributed by atoms with E-state index in [2.05, 4.69) is 38.5 Å². The summed E-state index contributed by atoms with van der Waals surface area (Å²) in [7, 11) is 2.11. The van der Waals surface area contributed by atoms with Crippen molar-refractivity contribution < 1.29 is 0 Å². The van der Waals surface area contributed by atoms with Gasteiger partial charge in [-0.1, -0.05) is 11.6 Å². The smallest absolute Gasteiger partial charge is 0.177 e. The predicted octanol–water partition coefficient (Wildman–Crippen LogP) is 1.77. The van der Waals surface area contributed by atoms with Crippen molar-refractivity contribution in [2.75, 3.05) is 18.9 Å². The van der Waals surface area contributed by atoms with Crippen LogP contribution in [-0.4, -0.2) is 42.9 Å². The summed E-state index contributed by atoms with van der Waals surface area (Å²) in [5.41, 5.74) is 2.72. The molecule has 0 saturated heterocycles. The van der Waals surface area contributed by atoms with Crippen molar-refractivity contribution in [1.82, 2.24) is 29.3 Å². The Morgan fingerprint density at radius 1 is 1.24 bits per heavy atom. The highest BCUT2D eigenvalue weighted by molar-refractivity contribution is 6.29. The van der Waals surface area contributed by atoms with Gasteiger partial charge in [0.1, 0.15) is 0 Å². The van der Waals surface area contributed by atoms with Crippen LogP contribution in [0.5, 0.6) is 0 Å². The summed E-state index contributed by atoms with van der Waals surface area (Å²) in [5, 5.41) is 12.4. The third kappa shape index (κ3) is 2.24. The van der Waals surface area contributed by atoms with E-state index in [9.17, 15) is 0 Å². The van der Waals surface area contributed by atoms with E-state index >= 15 is 0 Å². The van der Waals surface area contributed by atoms with Crippen molar-refractivity contribution in [1.29, 1.82) is 0 Å². The van der Waals surface area contributed by atoms with E-state index < -0.39 is 0 Å². The third-order valence-electron chi connectivity index (χ3n) is 3.58. The van der Waals surface area contributed by atoms with E-state index in [1.807, 2.05) is 4.68 Å². The Morgan fingerprint density at radius 3 is 3.05 bits per heavy atom. The molecule has 1 aliphatic rings. The lowest BCUT2D eigenvalue weighted by molar-refractivity contribution is 0.259. The molecule has 7 nitrogen and oxygen atoms in total. The Kier molecular flexibility index (Phi) is 2.83. The largest absolute Gasteiger partial charge is 0.336 e. The molecule has 0 fully saturated rings. The normalized spacial score (nSPS) is 15.3. The molecular weight excluding hydrogens is 290 g/mol. The average Bonchev–Trinajstić information content (AvgIpc) is 3.03. The molecular formula is C13H14ClN7. The van der Waals surface area contributed by atoms with Gasteiger partial charge in [0.2, 0.25) is 0 Å². The fourth-order valence-electron chi connectivity index (χ4n) is 2.57. The van der Waals surface area contributed by atoms with Crippen molar-refractivity contribution >= 4 is 28.8 Å². The SMILES string of the molecule is CN1CCn2nc(Nc3cc(Cl)nn4ccnc34)cc2C1. The molecule has 0 aromatic carbocycles. The second-order valence-corrected chi connectivity index (χ2v) is 5.57. The fraction of sp³-hybridized carbons (Fsp3) is 0.308. The lowest BCUT2D eigenvalue weighted by Gasteiger charge is -2.22. The van der Waals surface area contributed by atoms with Gasteiger partial charge in [0.05, 0.1) is 17.9 Å². The summed E-state index contributed by atoms with van der Waals surface area (Å²) in [6.07, 6.45) is 3.45. The number of rotatable bonds is 2. The molecule has 0 unspecified atom stereocenters. The molecule has 0 amide bonds. The van der Waals surface area contributed by atoms with Crippen LogP contribution in [0.25, 0.3) is 5.65 Å². The number of imidazole rings is 1. The number of nitrogens with one attached hydrogen (secondary N) is 1. The van der Waals surface area contributed by atoms with Gasteiger partial charge in [-0.2, -0.15) is 10.2 Å². The van der Waals surface area contributed by atoms with Crippen molar-refractivity contribution in [3.05, 3.63) is 35.4 Å². The molecule has 0 spiro atoms. The first kappa shape index (κ1) is 12.6. The van der Waals surface area contributed by atoms with E-state index in [1.165, 1.54) is 5.69 Å². The molecule has 1 N–H and O–H groups in total. The van der Waals surface area contributed by atoms with Gasteiger partial charge in [-0.3, -0.25) is 9.58 Å². The molecule has 0 atom stereocenters. The van der Waals surface area contributed by atoms with Crippen molar-refractivity contribution in [3.8, 4) is 0 Å². The van der Waals surface area contributed by atoms with E-state index in [0.717, 1.165) is 36.8 Å². The third-order valence-corrected chi connectivity index (χ3v) is 3.77. The summed E-state index contributed by atoms with van der Waals surface area (Å²) in [6, 6.07) is 3.82. The Balaban J connectivity index is 1.70. The van der Waals surface area contributed by atoms with Crippen LogP contribution in [0.3, 0.4) is 0 Å². The maximum Gasteiger partial charge on any atom is 0.177 e. The Bertz CT molecular complexity index is 806. The highest BCUT2D eigenvalue weighted by Crippen LogP contribution is 2.24. The zero-order chi connectivity index (χ0) is 14.4. The predicted molar refractivity (Wildman–Crippen MR) is 79.8 cm³/mol. The Morgan fingerprint density at radius 2 is 2.14 bits per heavy atom. The van der Waals surface area contributed by atoms with Gasteiger partial charge >= 0.3 is 0 Å². The van der Waals surface area contributed by atoms with Gasteiger partial charge in [-0.25, -0.2) is 9.50 Å². The molecule has 0 aliphatic carbocycles. The summed E-state index contributed by atoms with van der Waals surface area (Å²) >= 11 is 6.04. The second kappa shape index (κ2) is 4.71. The maximum atomic E-state index is 6.04. The fourth-order valence-corrected chi connectivity index (χ4v) is 2.76. The molecule has 21 heavy (non-hydrogen) atoms. The van der Waals surface area contributed by atoms with Crippen LogP contribution in [0.1, 0.15) is 5.69 Å². The number of likely N-dealkylation sites (N-methyl/N-ethyl adjacent to an activating group) is 1. The van der Waals surface area contributed by atoms with Crippen LogP contribution < -0.4 is 5.32 Å². The minimum Gasteiger partial charge on any atom is -0.336 e. The number of anilines is 2. The van der Waals surface area contributed by atoms with E-state index in [-0.39, 0.29) is 0 Å². The van der Waals surface area contributed by atoms with E-state index in [4.69, 9.17) is 11.6 Å². The molecule has 8 heteroatoms. The highest BCUT2D eigenvalue weighted by atomic mass is 35.5. The Hall–Kier alpha value is -2.12. The van der Waals surface area contributed by atoms with Gasteiger partial charge in [0, 0.05) is 37.6 Å². The molecule has 0 bridgehead atoms. The molecule has 3 aromatic rings. The first-order valence-corrected chi connectivity index (χ1v) is 7.09. The van der Waals surface area contributed by atoms with Crippen molar-refractivity contribution in [2.45, 2.75) is 13.1 Å². The number of nitrogens with zero attached hydrogens (tertiary/aromatic N) is 6. The van der Waals surface area contributed by atoms with E-state index in [0.29, 0.717) is 5.15 Å². The van der Waals surface area contributed by atoms with Crippen LogP contribution in [0.4, 0.5) is 11.5 Å². The van der Waals surface area contributed by atoms with Crippen molar-refractivity contribution in [3.63, 3.8) is 0 Å². The summed E-state index contributed by atoms with van der Waals surface area (Å²) in [5.74, 6) is 0.799. The van der Waals surface area contributed by atoms with Gasteiger partial charge in [-0.15, -0.1) is 0 Å². The number of hydrogen-bond donors (Lipinski definition) is 1. The van der Waals surface area contributed by atoms with Crippen LogP contribution in [-0.2, 0) is 13.1 Å². The molecule has 108 valence electrons. The summed E-state index contributed by atoms with van der Waals surface area (Å²) in [6.45, 7) is 2.83. The lowest BCUT2D eigenvalue weighted by atomic mass is 10.3. The highest BCUT2D eigenvalue weighted by Gasteiger charge is 2.16. The van der Waals surface area contributed by atoms with Crippen LogP contribution in [0.2, 0.25) is 5.15 Å². The standard InChI is InChI=1S/C13H14ClN7/c1-19-4-5-20-9(8-19)6-12(18-20)16-10-7-11(14)17-21-3-2-15-13(10)21/h2-3,6-7H,4-5,8H2,1H3,(H,16,18). The molecule has 0 radical (unpaired) electrons. The Labute approximate surface area is 126 Å². The molecule has 4 rings (SSSR count). The second-order valence-electron chi connectivity index (χ2n) is 5.18. The van der Waals surface area contributed by atoms with Crippen LogP contribution in [0.15, 0.2) is 24.5 Å². The zero-order valence-electron chi connectivity index (χ0n) is 11.5. The van der Waals surface area contributed by atoms with Gasteiger partial charge in [0.25, 0.3) is 0 Å². The quantitative estimate of drug-likeness (QED) is 0.782. The maximum absolute atomic E-state index is 6.04. The monoisotopic (exact) mass is 303 g/mol. The molecule has 1 aliphatic heterocycles. The summed E-state index contributed by atoms with van der Waals surface area (Å²) in [4.78, 5) is 6.56. The van der Waals surface area contributed by atoms with Crippen LogP contribution in [0, 0.1) is 0 Å². The van der Waals surface area contributed by atoms with Gasteiger partial charge < -0.3 is 5.32 Å². The average molecular weight is 304 g/mol. The zero-order valence-corrected chi connectivity index (χ0v) is 12.2. The number of halogens is 1. The minimum atomic E-state index is 0.409. The summed E-state index contributed by atoms with van der Waals surface area (Å²) < 4.78 is 3.68. The van der Waals surface area contributed by atoms with E-state index in [1.54, 1.807) is 23.0 Å². The van der Waals surface area contributed by atoms with Gasteiger partial charge in [-0.05, 0) is 7.05 Å². The molecule has 4 heterocycles. The molecule has 0 saturated carbocycles. The minimum absolute atomic E-state index is 0.409. The van der Waals surface area contributed by atoms with Crippen molar-refractivity contribution in [2.24, 2.45) is 0 Å². The molecule has 3 aromatic heterocycles. The first-order chi connectivity index (χ1) is 10.2. The van der Waals surface area contributed by atoms with Crippen LogP contribution >= 0.6 is 11.6 Å². The van der Waals surface area contributed by atoms with Gasteiger partial charge in [0.15, 0.2) is 16.6 Å². The lowest BCUT2D eigenvalue weighted by Crippen LogP contribution is -2.30. The topological polar surface area (TPSA) is 63.3 Å². The first-order valence-electron chi connectivity index (χ1n) is 6.71. The number of aromatic nitrogens is 5. The number of hydrogen-bond acceptors (Lipinski definition) is 5. The number of fused-ring (bicyclic) bond motifs is 2.